The van der Waals surface area contributed by atoms with Crippen LogP contribution >= 0.6 is 0 Å². The Bertz CT molecular complexity index is 1270. The largest absolute Gasteiger partial charge is 0.497 e. The summed E-state index contributed by atoms with van der Waals surface area (Å²) in [7, 11) is 1.66. The Morgan fingerprint density at radius 2 is 1.75 bits per heavy atom. The zero-order valence-corrected chi connectivity index (χ0v) is 18.7. The lowest BCUT2D eigenvalue weighted by Crippen LogP contribution is -2.30. The molecular formula is C26H27N3O3. The third-order valence-corrected chi connectivity index (χ3v) is 5.14. The van der Waals surface area contributed by atoms with Gasteiger partial charge in [-0.15, -0.1) is 0 Å². The van der Waals surface area contributed by atoms with Crippen LogP contribution in [0.5, 0.6) is 5.75 Å². The highest BCUT2D eigenvalue weighted by molar-refractivity contribution is 6.09. The van der Waals surface area contributed by atoms with E-state index in [0.717, 1.165) is 50.1 Å². The van der Waals surface area contributed by atoms with Gasteiger partial charge in [-0.3, -0.25) is 0 Å². The number of aryl methyl sites for hydroxylation is 1. The van der Waals surface area contributed by atoms with Gasteiger partial charge in [0.05, 0.1) is 23.8 Å². The fraction of sp³-hybridized carbons (Fsp3) is 0.231. The molecule has 164 valence electrons. The van der Waals surface area contributed by atoms with Gasteiger partial charge in [0.15, 0.2) is 0 Å². The average Bonchev–Trinajstić information content (AvgIpc) is 2.77. The maximum atomic E-state index is 11.7. The number of alkyl carbamates (subject to hydrolysis) is 1. The number of ether oxygens (including phenoxy) is 2. The summed E-state index contributed by atoms with van der Waals surface area (Å²) in [5.74, 6) is 0.779. The van der Waals surface area contributed by atoms with Crippen molar-refractivity contribution in [1.29, 1.82) is 0 Å². The Morgan fingerprint density at radius 1 is 0.969 bits per heavy atom. The second-order valence-electron chi connectivity index (χ2n) is 8.09. The van der Waals surface area contributed by atoms with Gasteiger partial charge >= 0.3 is 6.09 Å². The summed E-state index contributed by atoms with van der Waals surface area (Å²) in [6, 6.07) is 20.1. The highest BCUT2D eigenvalue weighted by Gasteiger charge is 2.11. The fourth-order valence-corrected chi connectivity index (χ4v) is 3.55. The minimum Gasteiger partial charge on any atom is -0.497 e. The minimum atomic E-state index is -0.416. The van der Waals surface area contributed by atoms with Gasteiger partial charge in [0, 0.05) is 22.5 Å². The van der Waals surface area contributed by atoms with Gasteiger partial charge < -0.3 is 20.1 Å². The molecule has 0 saturated heterocycles. The SMILES string of the molecule is COc1ccc2nc3cc(C)ccc3c(Nc3ccc(COC(=O)NC(C)C)cc3)c2c1. The number of anilines is 2. The summed E-state index contributed by atoms with van der Waals surface area (Å²) in [6.45, 7) is 6.07. The van der Waals surface area contributed by atoms with Crippen molar-refractivity contribution in [1.82, 2.24) is 10.3 Å². The summed E-state index contributed by atoms with van der Waals surface area (Å²) in [5, 5.41) is 8.30. The van der Waals surface area contributed by atoms with Crippen molar-refractivity contribution in [3.8, 4) is 5.75 Å². The Balaban J connectivity index is 1.64. The van der Waals surface area contributed by atoms with Crippen molar-refractivity contribution < 1.29 is 14.3 Å². The summed E-state index contributed by atoms with van der Waals surface area (Å²) in [4.78, 5) is 16.5. The molecule has 0 aliphatic heterocycles. The Labute approximate surface area is 187 Å². The topological polar surface area (TPSA) is 72.5 Å². The highest BCUT2D eigenvalue weighted by Crippen LogP contribution is 2.35. The number of amides is 1. The molecule has 0 radical (unpaired) electrons. The number of benzene rings is 3. The van der Waals surface area contributed by atoms with Crippen LogP contribution in [-0.4, -0.2) is 24.2 Å². The van der Waals surface area contributed by atoms with E-state index < -0.39 is 6.09 Å². The van der Waals surface area contributed by atoms with Gasteiger partial charge in [-0.2, -0.15) is 0 Å². The number of aromatic nitrogens is 1. The zero-order valence-electron chi connectivity index (χ0n) is 18.7. The third-order valence-electron chi connectivity index (χ3n) is 5.14. The Morgan fingerprint density at radius 3 is 2.47 bits per heavy atom. The van der Waals surface area contributed by atoms with E-state index in [9.17, 15) is 4.79 Å². The van der Waals surface area contributed by atoms with E-state index in [1.807, 2.05) is 56.3 Å². The molecule has 6 heteroatoms. The van der Waals surface area contributed by atoms with Crippen LogP contribution in [0.1, 0.15) is 25.0 Å². The molecule has 0 bridgehead atoms. The second kappa shape index (κ2) is 9.14. The maximum Gasteiger partial charge on any atom is 0.407 e. The van der Waals surface area contributed by atoms with Crippen LogP contribution in [0.2, 0.25) is 0 Å². The Hall–Kier alpha value is -3.80. The number of rotatable bonds is 6. The molecule has 0 aliphatic carbocycles. The predicted molar refractivity (Wildman–Crippen MR) is 129 cm³/mol. The molecule has 0 aliphatic rings. The summed E-state index contributed by atoms with van der Waals surface area (Å²) in [5.41, 5.74) is 5.81. The van der Waals surface area contributed by atoms with Gasteiger partial charge in [0.1, 0.15) is 12.4 Å². The molecule has 1 amide bonds. The maximum absolute atomic E-state index is 11.7. The van der Waals surface area contributed by atoms with E-state index in [1.165, 1.54) is 0 Å². The summed E-state index contributed by atoms with van der Waals surface area (Å²) < 4.78 is 10.7. The standard InChI is InChI=1S/C26H27N3O3/c1-16(2)27-26(30)32-15-18-6-8-19(9-7-18)28-25-21-11-5-17(3)13-24(21)29-23-12-10-20(31-4)14-22(23)25/h5-14,16H,15H2,1-4H3,(H,27,30)(H,28,29). The van der Waals surface area contributed by atoms with Crippen LogP contribution in [0, 0.1) is 6.92 Å². The number of hydrogen-bond donors (Lipinski definition) is 2. The van der Waals surface area contributed by atoms with Crippen LogP contribution in [-0.2, 0) is 11.3 Å². The molecule has 0 saturated carbocycles. The number of carbonyl (C=O) groups is 1. The molecule has 0 atom stereocenters. The first kappa shape index (κ1) is 21.4. The second-order valence-corrected chi connectivity index (χ2v) is 8.09. The summed E-state index contributed by atoms with van der Waals surface area (Å²) in [6.07, 6.45) is -0.416. The van der Waals surface area contributed by atoms with Gasteiger partial charge in [0.25, 0.3) is 0 Å². The van der Waals surface area contributed by atoms with Gasteiger partial charge in [-0.05, 0) is 68.3 Å². The molecule has 0 spiro atoms. The molecule has 4 aromatic rings. The molecule has 1 heterocycles. The van der Waals surface area contributed by atoms with Crippen molar-refractivity contribution in [2.75, 3.05) is 12.4 Å². The van der Waals surface area contributed by atoms with Crippen molar-refractivity contribution in [2.45, 2.75) is 33.4 Å². The average molecular weight is 430 g/mol. The highest BCUT2D eigenvalue weighted by atomic mass is 16.5. The molecule has 0 fully saturated rings. The first-order valence-corrected chi connectivity index (χ1v) is 10.6. The summed E-state index contributed by atoms with van der Waals surface area (Å²) >= 11 is 0. The molecule has 4 rings (SSSR count). The number of nitrogens with zero attached hydrogens (tertiary/aromatic N) is 1. The first-order chi connectivity index (χ1) is 15.4. The third kappa shape index (κ3) is 4.75. The first-order valence-electron chi connectivity index (χ1n) is 10.6. The molecule has 0 unspecified atom stereocenters. The molecule has 2 N–H and O–H groups in total. The van der Waals surface area contributed by atoms with Crippen LogP contribution in [0.25, 0.3) is 21.8 Å². The molecule has 3 aromatic carbocycles. The van der Waals surface area contributed by atoms with Crippen LogP contribution in [0.3, 0.4) is 0 Å². The molecule has 1 aromatic heterocycles. The van der Waals surface area contributed by atoms with E-state index in [0.29, 0.717) is 0 Å². The van der Waals surface area contributed by atoms with E-state index in [2.05, 4.69) is 35.8 Å². The Kier molecular flexibility index (Phi) is 6.12. The minimum absolute atomic E-state index is 0.0431. The van der Waals surface area contributed by atoms with Crippen molar-refractivity contribution >= 4 is 39.3 Å². The molecule has 32 heavy (non-hydrogen) atoms. The van der Waals surface area contributed by atoms with Crippen molar-refractivity contribution in [3.63, 3.8) is 0 Å². The van der Waals surface area contributed by atoms with Crippen LogP contribution < -0.4 is 15.4 Å². The van der Waals surface area contributed by atoms with E-state index >= 15 is 0 Å². The number of hydrogen-bond acceptors (Lipinski definition) is 5. The number of carbonyl (C=O) groups excluding carboxylic acids is 1. The number of methoxy groups -OCH3 is 1. The van der Waals surface area contributed by atoms with Gasteiger partial charge in [-0.25, -0.2) is 9.78 Å². The lowest BCUT2D eigenvalue weighted by atomic mass is 10.1. The number of nitrogens with one attached hydrogen (secondary N) is 2. The van der Waals surface area contributed by atoms with Gasteiger partial charge in [-0.1, -0.05) is 24.3 Å². The smallest absolute Gasteiger partial charge is 0.407 e. The van der Waals surface area contributed by atoms with E-state index in [1.54, 1.807) is 7.11 Å². The normalized spacial score (nSPS) is 11.0. The predicted octanol–water partition coefficient (Wildman–Crippen LogP) is 6.08. The van der Waals surface area contributed by atoms with Crippen molar-refractivity contribution in [3.05, 3.63) is 71.8 Å². The van der Waals surface area contributed by atoms with Crippen LogP contribution in [0.4, 0.5) is 16.2 Å². The number of fused-ring (bicyclic) bond motifs is 2. The zero-order chi connectivity index (χ0) is 22.7. The molecule has 6 nitrogen and oxygen atoms in total. The van der Waals surface area contributed by atoms with E-state index in [-0.39, 0.29) is 12.6 Å². The lowest BCUT2D eigenvalue weighted by Gasteiger charge is -2.15. The monoisotopic (exact) mass is 429 g/mol. The molecular weight excluding hydrogens is 402 g/mol. The number of pyridine rings is 1. The lowest BCUT2D eigenvalue weighted by molar-refractivity contribution is 0.137. The fourth-order valence-electron chi connectivity index (χ4n) is 3.55. The van der Waals surface area contributed by atoms with Crippen molar-refractivity contribution in [2.24, 2.45) is 0 Å². The van der Waals surface area contributed by atoms with Gasteiger partial charge in [0.2, 0.25) is 0 Å². The van der Waals surface area contributed by atoms with Crippen LogP contribution in [0.15, 0.2) is 60.7 Å². The van der Waals surface area contributed by atoms with E-state index in [4.69, 9.17) is 14.5 Å². The quantitative estimate of drug-likeness (QED) is 0.363.